The maximum atomic E-state index is 11.9. The lowest BCUT2D eigenvalue weighted by molar-refractivity contribution is -0.389. The number of hydrogen-bond donors (Lipinski definition) is 2. The summed E-state index contributed by atoms with van der Waals surface area (Å²) in [7, 11) is 1.39. The van der Waals surface area contributed by atoms with Crippen LogP contribution in [0.2, 0.25) is 0 Å². The molecule has 1 unspecified atom stereocenters. The largest absolute Gasteiger partial charge is 0.481 e. The summed E-state index contributed by atoms with van der Waals surface area (Å²) in [6, 6.07) is 1.17. The van der Waals surface area contributed by atoms with Crippen molar-refractivity contribution in [3.63, 3.8) is 0 Å². The molecule has 0 saturated heterocycles. The van der Waals surface area contributed by atoms with Crippen molar-refractivity contribution in [1.82, 2.24) is 15.1 Å². The summed E-state index contributed by atoms with van der Waals surface area (Å²) in [5.74, 6) is -1.97. The highest BCUT2D eigenvalue weighted by Gasteiger charge is 2.30. The van der Waals surface area contributed by atoms with E-state index in [1.165, 1.54) is 26.3 Å². The summed E-state index contributed by atoms with van der Waals surface area (Å²) in [5.41, 5.74) is -1.07. The van der Waals surface area contributed by atoms with Gasteiger partial charge in [0, 0.05) is 7.11 Å². The van der Waals surface area contributed by atoms with Crippen molar-refractivity contribution >= 4 is 17.7 Å². The van der Waals surface area contributed by atoms with Gasteiger partial charge in [0.2, 0.25) is 5.91 Å². The zero-order valence-electron chi connectivity index (χ0n) is 11.6. The van der Waals surface area contributed by atoms with Crippen LogP contribution < -0.4 is 5.32 Å². The van der Waals surface area contributed by atoms with Gasteiger partial charge in [-0.1, -0.05) is 0 Å². The molecule has 0 aromatic carbocycles. The number of methoxy groups -OCH3 is 1. The molecule has 0 saturated carbocycles. The number of carboxylic acids is 1. The first kappa shape index (κ1) is 16.6. The van der Waals surface area contributed by atoms with Crippen LogP contribution in [0.1, 0.15) is 13.3 Å². The van der Waals surface area contributed by atoms with Gasteiger partial charge >= 0.3 is 11.8 Å². The number of nitro groups is 1. The van der Waals surface area contributed by atoms with Crippen LogP contribution in [-0.4, -0.2) is 50.9 Å². The Hall–Kier alpha value is -2.49. The Labute approximate surface area is 119 Å². The molecule has 0 aliphatic heterocycles. The maximum absolute atomic E-state index is 11.9. The molecule has 0 bridgehead atoms. The predicted octanol–water partition coefficient (Wildman–Crippen LogP) is -0.213. The molecule has 0 aliphatic rings. The van der Waals surface area contributed by atoms with E-state index >= 15 is 0 Å². The van der Waals surface area contributed by atoms with E-state index in [4.69, 9.17) is 9.84 Å². The van der Waals surface area contributed by atoms with Crippen molar-refractivity contribution in [2.75, 3.05) is 13.7 Å². The van der Waals surface area contributed by atoms with Crippen LogP contribution in [0, 0.1) is 10.1 Å². The topological polar surface area (TPSA) is 137 Å². The molecule has 0 aliphatic carbocycles. The van der Waals surface area contributed by atoms with Crippen molar-refractivity contribution in [3.8, 4) is 0 Å². The number of amides is 1. The van der Waals surface area contributed by atoms with E-state index < -0.39 is 22.3 Å². The van der Waals surface area contributed by atoms with Crippen molar-refractivity contribution in [3.05, 3.63) is 22.4 Å². The molecule has 0 fully saturated rings. The van der Waals surface area contributed by atoms with E-state index in [1.54, 1.807) is 0 Å². The molecule has 1 heterocycles. The molecule has 10 heteroatoms. The highest BCUT2D eigenvalue weighted by molar-refractivity contribution is 5.78. The van der Waals surface area contributed by atoms with Gasteiger partial charge in [0.15, 0.2) is 0 Å². The van der Waals surface area contributed by atoms with Crippen LogP contribution in [-0.2, 0) is 20.9 Å². The molecule has 1 aromatic heterocycles. The molecule has 116 valence electrons. The van der Waals surface area contributed by atoms with E-state index in [9.17, 15) is 19.7 Å². The number of nitrogens with zero attached hydrogens (tertiary/aromatic N) is 3. The van der Waals surface area contributed by atoms with E-state index in [2.05, 4.69) is 10.4 Å². The Kier molecular flexibility index (Phi) is 5.36. The van der Waals surface area contributed by atoms with Gasteiger partial charge in [-0.2, -0.15) is 4.68 Å². The first-order valence-corrected chi connectivity index (χ1v) is 5.95. The van der Waals surface area contributed by atoms with Gasteiger partial charge < -0.3 is 25.3 Å². The van der Waals surface area contributed by atoms with Gasteiger partial charge in [-0.15, -0.1) is 0 Å². The fourth-order valence-electron chi connectivity index (χ4n) is 1.84. The summed E-state index contributed by atoms with van der Waals surface area (Å²) in [6.45, 7) is 1.30. The number of carbonyl (C=O) groups excluding carboxylic acids is 1. The Balaban J connectivity index is 2.68. The zero-order chi connectivity index (χ0) is 16.0. The lowest BCUT2D eigenvalue weighted by Crippen LogP contribution is -2.51. The monoisotopic (exact) mass is 300 g/mol. The second-order valence-electron chi connectivity index (χ2n) is 4.74. The molecule has 1 atom stereocenters. The number of aromatic nitrogens is 2. The third-order valence-corrected chi connectivity index (χ3v) is 2.56. The second kappa shape index (κ2) is 6.79. The number of carbonyl (C=O) groups is 2. The third-order valence-electron chi connectivity index (χ3n) is 2.56. The van der Waals surface area contributed by atoms with Crippen molar-refractivity contribution in [2.24, 2.45) is 0 Å². The minimum absolute atomic E-state index is 0.0181. The average Bonchev–Trinajstić information content (AvgIpc) is 2.75. The molecule has 1 rings (SSSR count). The van der Waals surface area contributed by atoms with E-state index in [0.717, 1.165) is 4.68 Å². The molecule has 0 spiro atoms. The van der Waals surface area contributed by atoms with Gasteiger partial charge in [0.25, 0.3) is 0 Å². The van der Waals surface area contributed by atoms with E-state index in [0.29, 0.717) is 0 Å². The molecule has 1 aromatic rings. The SMILES string of the molecule is COCC(C)(CC(=O)O)NC(=O)Cn1ccc([N+](=O)[O-])n1. The van der Waals surface area contributed by atoms with E-state index in [1.807, 2.05) is 0 Å². The Bertz CT molecular complexity index is 543. The highest BCUT2D eigenvalue weighted by Crippen LogP contribution is 2.11. The molecular weight excluding hydrogens is 284 g/mol. The first-order valence-electron chi connectivity index (χ1n) is 5.95. The van der Waals surface area contributed by atoms with Crippen molar-refractivity contribution in [1.29, 1.82) is 0 Å². The summed E-state index contributed by atoms with van der Waals surface area (Å²) in [6.07, 6.45) is 0.981. The summed E-state index contributed by atoms with van der Waals surface area (Å²) >= 11 is 0. The number of nitrogens with one attached hydrogen (secondary N) is 1. The standard InChI is InChI=1S/C11H16N4O6/c1-11(7-21-2,5-10(17)18)12-9(16)6-14-4-3-8(13-14)15(19)20/h3-4H,5-7H2,1-2H3,(H,12,16)(H,17,18). The quantitative estimate of drug-likeness (QED) is 0.500. The van der Waals surface area contributed by atoms with Crippen LogP contribution in [0.15, 0.2) is 12.3 Å². The Morgan fingerprint density at radius 3 is 2.76 bits per heavy atom. The third kappa shape index (κ3) is 5.18. The highest BCUT2D eigenvalue weighted by atomic mass is 16.6. The molecular formula is C11H16N4O6. The molecule has 0 radical (unpaired) electrons. The zero-order valence-corrected chi connectivity index (χ0v) is 11.6. The normalized spacial score (nSPS) is 13.4. The second-order valence-corrected chi connectivity index (χ2v) is 4.74. The molecule has 2 N–H and O–H groups in total. The van der Waals surface area contributed by atoms with Crippen LogP contribution in [0.25, 0.3) is 0 Å². The fraction of sp³-hybridized carbons (Fsp3) is 0.545. The van der Waals surface area contributed by atoms with Crippen molar-refractivity contribution in [2.45, 2.75) is 25.4 Å². The lowest BCUT2D eigenvalue weighted by Gasteiger charge is -2.28. The summed E-state index contributed by atoms with van der Waals surface area (Å²) in [4.78, 5) is 32.5. The first-order chi connectivity index (χ1) is 9.75. The molecule has 10 nitrogen and oxygen atoms in total. The minimum Gasteiger partial charge on any atom is -0.481 e. The summed E-state index contributed by atoms with van der Waals surface area (Å²) < 4.78 is 6.00. The molecule has 21 heavy (non-hydrogen) atoms. The van der Waals surface area contributed by atoms with Crippen LogP contribution >= 0.6 is 0 Å². The number of rotatable bonds is 8. The van der Waals surface area contributed by atoms with Gasteiger partial charge in [0.05, 0.1) is 35.9 Å². The van der Waals surface area contributed by atoms with Crippen LogP contribution in [0.4, 0.5) is 5.82 Å². The Morgan fingerprint density at radius 2 is 2.29 bits per heavy atom. The number of aliphatic carboxylic acids is 1. The molecule has 1 amide bonds. The minimum atomic E-state index is -1.08. The van der Waals surface area contributed by atoms with E-state index in [-0.39, 0.29) is 25.4 Å². The predicted molar refractivity (Wildman–Crippen MR) is 69.6 cm³/mol. The number of hydrogen-bond acceptors (Lipinski definition) is 6. The maximum Gasteiger partial charge on any atom is 0.389 e. The van der Waals surface area contributed by atoms with Gasteiger partial charge in [-0.05, 0) is 11.8 Å². The lowest BCUT2D eigenvalue weighted by atomic mass is 9.99. The van der Waals surface area contributed by atoms with Gasteiger partial charge in [-0.3, -0.25) is 9.59 Å². The van der Waals surface area contributed by atoms with Gasteiger partial charge in [-0.25, -0.2) is 0 Å². The van der Waals surface area contributed by atoms with Crippen LogP contribution in [0.5, 0.6) is 0 Å². The van der Waals surface area contributed by atoms with Gasteiger partial charge in [0.1, 0.15) is 6.54 Å². The fourth-order valence-corrected chi connectivity index (χ4v) is 1.84. The Morgan fingerprint density at radius 1 is 1.62 bits per heavy atom. The van der Waals surface area contributed by atoms with Crippen molar-refractivity contribution < 1.29 is 24.4 Å². The number of carboxylic acid groups (broad SMARTS) is 1. The van der Waals surface area contributed by atoms with Crippen LogP contribution in [0.3, 0.4) is 0 Å². The smallest absolute Gasteiger partial charge is 0.389 e. The number of ether oxygens (including phenoxy) is 1. The average molecular weight is 300 g/mol. The summed E-state index contributed by atoms with van der Waals surface area (Å²) in [5, 5.41) is 25.5.